The Labute approximate surface area is 144 Å². The van der Waals surface area contributed by atoms with Crippen LogP contribution >= 0.6 is 11.3 Å². The molecular formula is C18H18N4OS. The van der Waals surface area contributed by atoms with Gasteiger partial charge in [0.25, 0.3) is 0 Å². The highest BCUT2D eigenvalue weighted by atomic mass is 32.1. The summed E-state index contributed by atoms with van der Waals surface area (Å²) in [4.78, 5) is 21.1. The third-order valence-electron chi connectivity index (χ3n) is 4.20. The number of para-hydroxylation sites is 2. The third-order valence-corrected chi connectivity index (χ3v) is 5.15. The molecule has 4 rings (SSSR count). The highest BCUT2D eigenvalue weighted by Gasteiger charge is 2.22. The Morgan fingerprint density at radius 1 is 0.958 bits per heavy atom. The summed E-state index contributed by atoms with van der Waals surface area (Å²) >= 11 is 1.51. The van der Waals surface area contributed by atoms with Gasteiger partial charge in [-0.05, 0) is 24.3 Å². The number of carbonyl (C=O) groups is 1. The minimum absolute atomic E-state index is 0.0678. The average Bonchev–Trinajstić information content (AvgIpc) is 3.05. The molecular weight excluding hydrogens is 320 g/mol. The Hall–Kier alpha value is -2.60. The van der Waals surface area contributed by atoms with Crippen LogP contribution in [0.2, 0.25) is 0 Å². The summed E-state index contributed by atoms with van der Waals surface area (Å²) in [6.07, 6.45) is 0. The van der Waals surface area contributed by atoms with E-state index in [0.29, 0.717) is 18.2 Å². The first-order chi connectivity index (χ1) is 11.8. The van der Waals surface area contributed by atoms with E-state index in [1.54, 1.807) is 0 Å². The standard InChI is InChI=1S/C18H18N4OS/c23-18(20-17-19-15-8-4-5-9-16(15)24-17)22-12-10-21(11-13-22)14-6-2-1-3-7-14/h1-9H,10-13H2,(H,19,20,23). The van der Waals surface area contributed by atoms with Gasteiger partial charge >= 0.3 is 6.03 Å². The molecule has 0 radical (unpaired) electrons. The molecule has 0 unspecified atom stereocenters. The van der Waals surface area contributed by atoms with Gasteiger partial charge in [0.1, 0.15) is 0 Å². The number of thiazole rings is 1. The van der Waals surface area contributed by atoms with Gasteiger partial charge in [0.15, 0.2) is 5.13 Å². The smallest absolute Gasteiger partial charge is 0.323 e. The van der Waals surface area contributed by atoms with Crippen molar-refractivity contribution in [2.45, 2.75) is 0 Å². The molecule has 1 aliphatic heterocycles. The Kier molecular flexibility index (Phi) is 4.04. The highest BCUT2D eigenvalue weighted by molar-refractivity contribution is 7.22. The molecule has 0 saturated carbocycles. The summed E-state index contributed by atoms with van der Waals surface area (Å²) in [5.41, 5.74) is 2.13. The maximum atomic E-state index is 12.5. The van der Waals surface area contributed by atoms with Crippen molar-refractivity contribution >= 4 is 38.4 Å². The monoisotopic (exact) mass is 338 g/mol. The maximum absolute atomic E-state index is 12.5. The fourth-order valence-electron chi connectivity index (χ4n) is 2.90. The second kappa shape index (κ2) is 6.49. The van der Waals surface area contributed by atoms with E-state index in [1.807, 2.05) is 47.4 Å². The van der Waals surface area contributed by atoms with E-state index in [2.05, 4.69) is 27.3 Å². The van der Waals surface area contributed by atoms with E-state index in [4.69, 9.17) is 0 Å². The number of hydrogen-bond acceptors (Lipinski definition) is 4. The number of aromatic nitrogens is 1. The zero-order valence-electron chi connectivity index (χ0n) is 13.2. The van der Waals surface area contributed by atoms with Crippen molar-refractivity contribution in [1.29, 1.82) is 0 Å². The van der Waals surface area contributed by atoms with Crippen LogP contribution < -0.4 is 10.2 Å². The summed E-state index contributed by atoms with van der Waals surface area (Å²) in [7, 11) is 0. The second-order valence-electron chi connectivity index (χ2n) is 5.73. The van der Waals surface area contributed by atoms with Crippen LogP contribution in [0.3, 0.4) is 0 Å². The summed E-state index contributed by atoms with van der Waals surface area (Å²) in [6, 6.07) is 18.2. The molecule has 2 aromatic carbocycles. The minimum Gasteiger partial charge on any atom is -0.368 e. The number of carbonyl (C=O) groups excluding carboxylic acids is 1. The molecule has 2 amide bonds. The molecule has 0 aliphatic carbocycles. The fraction of sp³-hybridized carbons (Fsp3) is 0.222. The predicted molar refractivity (Wildman–Crippen MR) is 98.9 cm³/mol. The molecule has 6 heteroatoms. The predicted octanol–water partition coefficient (Wildman–Crippen LogP) is 3.65. The van der Waals surface area contributed by atoms with Crippen LogP contribution in [0.25, 0.3) is 10.2 Å². The molecule has 24 heavy (non-hydrogen) atoms. The van der Waals surface area contributed by atoms with E-state index >= 15 is 0 Å². The first kappa shape index (κ1) is 15.0. The zero-order valence-corrected chi connectivity index (χ0v) is 14.0. The number of rotatable bonds is 2. The first-order valence-electron chi connectivity index (χ1n) is 8.01. The number of fused-ring (bicyclic) bond motifs is 1. The van der Waals surface area contributed by atoms with E-state index < -0.39 is 0 Å². The van der Waals surface area contributed by atoms with Crippen molar-refractivity contribution in [1.82, 2.24) is 9.88 Å². The number of piperazine rings is 1. The highest BCUT2D eigenvalue weighted by Crippen LogP contribution is 2.25. The van der Waals surface area contributed by atoms with Gasteiger partial charge < -0.3 is 9.80 Å². The molecule has 0 atom stereocenters. The Morgan fingerprint density at radius 2 is 1.67 bits per heavy atom. The first-order valence-corrected chi connectivity index (χ1v) is 8.83. The quantitative estimate of drug-likeness (QED) is 0.776. The van der Waals surface area contributed by atoms with Crippen molar-refractivity contribution in [3.63, 3.8) is 0 Å². The van der Waals surface area contributed by atoms with Crippen LogP contribution in [0.1, 0.15) is 0 Å². The van der Waals surface area contributed by atoms with Crippen LogP contribution in [-0.2, 0) is 0 Å². The van der Waals surface area contributed by atoms with Crippen LogP contribution in [0.15, 0.2) is 54.6 Å². The van der Waals surface area contributed by atoms with Crippen LogP contribution in [0.4, 0.5) is 15.6 Å². The third kappa shape index (κ3) is 3.05. The van der Waals surface area contributed by atoms with E-state index in [1.165, 1.54) is 17.0 Å². The van der Waals surface area contributed by atoms with Gasteiger partial charge in [0, 0.05) is 31.9 Å². The molecule has 1 saturated heterocycles. The Balaban J connectivity index is 1.37. The lowest BCUT2D eigenvalue weighted by atomic mass is 10.2. The number of nitrogens with one attached hydrogen (secondary N) is 1. The number of nitrogens with zero attached hydrogens (tertiary/aromatic N) is 3. The molecule has 1 N–H and O–H groups in total. The minimum atomic E-state index is -0.0678. The molecule has 2 heterocycles. The molecule has 3 aromatic rings. The molecule has 0 spiro atoms. The average molecular weight is 338 g/mol. The number of anilines is 2. The van der Waals surface area contributed by atoms with Crippen molar-refractivity contribution in [3.8, 4) is 0 Å². The number of urea groups is 1. The topological polar surface area (TPSA) is 48.5 Å². The number of hydrogen-bond donors (Lipinski definition) is 1. The lowest BCUT2D eigenvalue weighted by Crippen LogP contribution is -2.50. The van der Waals surface area contributed by atoms with Crippen molar-refractivity contribution in [3.05, 3.63) is 54.6 Å². The molecule has 1 aromatic heterocycles. The fourth-order valence-corrected chi connectivity index (χ4v) is 3.76. The van der Waals surface area contributed by atoms with Gasteiger partial charge in [-0.3, -0.25) is 5.32 Å². The van der Waals surface area contributed by atoms with E-state index in [-0.39, 0.29) is 6.03 Å². The number of benzene rings is 2. The second-order valence-corrected chi connectivity index (χ2v) is 6.76. The SMILES string of the molecule is O=C(Nc1nc2ccccc2s1)N1CCN(c2ccccc2)CC1. The van der Waals surface area contributed by atoms with Gasteiger partial charge in [-0.15, -0.1) is 0 Å². The summed E-state index contributed by atoms with van der Waals surface area (Å²) in [6.45, 7) is 3.12. The lowest BCUT2D eigenvalue weighted by molar-refractivity contribution is 0.208. The van der Waals surface area contributed by atoms with Crippen LogP contribution in [0.5, 0.6) is 0 Å². The maximum Gasteiger partial charge on any atom is 0.323 e. The van der Waals surface area contributed by atoms with Gasteiger partial charge in [-0.2, -0.15) is 0 Å². The largest absolute Gasteiger partial charge is 0.368 e. The van der Waals surface area contributed by atoms with Crippen LogP contribution in [-0.4, -0.2) is 42.1 Å². The molecule has 0 bridgehead atoms. The Bertz CT molecular complexity index is 807. The van der Waals surface area contributed by atoms with Gasteiger partial charge in [-0.1, -0.05) is 41.7 Å². The van der Waals surface area contributed by atoms with E-state index in [0.717, 1.165) is 23.3 Å². The molecule has 1 aliphatic rings. The summed E-state index contributed by atoms with van der Waals surface area (Å²) in [5.74, 6) is 0. The van der Waals surface area contributed by atoms with Crippen molar-refractivity contribution in [2.75, 3.05) is 36.4 Å². The molecule has 5 nitrogen and oxygen atoms in total. The summed E-state index contributed by atoms with van der Waals surface area (Å²) < 4.78 is 1.08. The van der Waals surface area contributed by atoms with Gasteiger partial charge in [-0.25, -0.2) is 9.78 Å². The van der Waals surface area contributed by atoms with Gasteiger partial charge in [0.2, 0.25) is 0 Å². The van der Waals surface area contributed by atoms with Crippen molar-refractivity contribution in [2.24, 2.45) is 0 Å². The van der Waals surface area contributed by atoms with E-state index in [9.17, 15) is 4.79 Å². The normalized spacial score (nSPS) is 14.8. The summed E-state index contributed by atoms with van der Waals surface area (Å²) in [5, 5.41) is 3.59. The Morgan fingerprint density at radius 3 is 2.42 bits per heavy atom. The lowest BCUT2D eigenvalue weighted by Gasteiger charge is -2.35. The van der Waals surface area contributed by atoms with Crippen LogP contribution in [0, 0.1) is 0 Å². The number of amides is 2. The van der Waals surface area contributed by atoms with Gasteiger partial charge in [0.05, 0.1) is 10.2 Å². The van der Waals surface area contributed by atoms with Crippen molar-refractivity contribution < 1.29 is 4.79 Å². The molecule has 1 fully saturated rings. The molecule has 122 valence electrons. The zero-order chi connectivity index (χ0) is 16.4.